The lowest BCUT2D eigenvalue weighted by atomic mass is 10.1. The maximum absolute atomic E-state index is 5.84. The third kappa shape index (κ3) is 10.0. The molecule has 0 fully saturated rings. The van der Waals surface area contributed by atoms with Gasteiger partial charge in [-0.1, -0.05) is 41.6 Å². The van der Waals surface area contributed by atoms with Crippen molar-refractivity contribution in [3.63, 3.8) is 0 Å². The van der Waals surface area contributed by atoms with Crippen molar-refractivity contribution >= 4 is 24.7 Å². The lowest BCUT2D eigenvalue weighted by Gasteiger charge is -2.28. The fraction of sp³-hybridized carbons (Fsp3) is 1.00. The number of unbranched alkanes of at least 4 members (excludes halogenated alkanes) is 5. The Balaban J connectivity index is 3.89. The standard InChI is InChI=1S/C14H31BrO3Si/c1-4-16-19(17-5-2,18-6-3)14-12-10-8-7-9-11-13-15/h4-14H2,1-3H3. The van der Waals surface area contributed by atoms with Crippen molar-refractivity contribution in [1.29, 1.82) is 0 Å². The second kappa shape index (κ2) is 13.6. The molecule has 0 aliphatic carbocycles. The molecule has 0 bridgehead atoms. The fourth-order valence-corrected chi connectivity index (χ4v) is 5.23. The molecule has 0 saturated carbocycles. The molecule has 0 rings (SSSR count). The average molecular weight is 355 g/mol. The first-order valence-corrected chi connectivity index (χ1v) is 10.8. The van der Waals surface area contributed by atoms with Gasteiger partial charge in [-0.2, -0.15) is 0 Å². The zero-order valence-electron chi connectivity index (χ0n) is 12.9. The molecule has 0 aliphatic heterocycles. The van der Waals surface area contributed by atoms with Gasteiger partial charge in [0.25, 0.3) is 0 Å². The first-order chi connectivity index (χ1) is 9.24. The number of hydrogen-bond donors (Lipinski definition) is 0. The maximum Gasteiger partial charge on any atom is 0.500 e. The monoisotopic (exact) mass is 354 g/mol. The van der Waals surface area contributed by atoms with E-state index in [4.69, 9.17) is 13.3 Å². The van der Waals surface area contributed by atoms with Crippen LogP contribution in [-0.2, 0) is 13.3 Å². The van der Waals surface area contributed by atoms with Crippen LogP contribution in [-0.4, -0.2) is 34.0 Å². The summed E-state index contributed by atoms with van der Waals surface area (Å²) < 4.78 is 17.5. The average Bonchev–Trinajstić information content (AvgIpc) is 2.39. The summed E-state index contributed by atoms with van der Waals surface area (Å²) in [6.07, 6.45) is 7.66. The molecule has 0 amide bonds. The van der Waals surface area contributed by atoms with Crippen LogP contribution in [0.5, 0.6) is 0 Å². The summed E-state index contributed by atoms with van der Waals surface area (Å²) in [5.41, 5.74) is 0. The van der Waals surface area contributed by atoms with Crippen LogP contribution in [0.1, 0.15) is 59.3 Å². The van der Waals surface area contributed by atoms with Crippen LogP contribution in [0.15, 0.2) is 0 Å². The second-order valence-corrected chi connectivity index (χ2v) is 8.07. The van der Waals surface area contributed by atoms with E-state index in [0.29, 0.717) is 19.8 Å². The summed E-state index contributed by atoms with van der Waals surface area (Å²) >= 11 is 3.47. The fourth-order valence-electron chi connectivity index (χ4n) is 2.14. The molecule has 0 aromatic heterocycles. The number of rotatable bonds is 14. The third-order valence-corrected chi connectivity index (χ3v) is 6.67. The van der Waals surface area contributed by atoms with E-state index < -0.39 is 8.80 Å². The molecule has 3 nitrogen and oxygen atoms in total. The zero-order chi connectivity index (χ0) is 14.4. The van der Waals surface area contributed by atoms with Gasteiger partial charge in [0.1, 0.15) is 0 Å². The molecule has 0 spiro atoms. The van der Waals surface area contributed by atoms with Crippen molar-refractivity contribution in [2.75, 3.05) is 25.2 Å². The van der Waals surface area contributed by atoms with Crippen molar-refractivity contribution in [1.82, 2.24) is 0 Å². The summed E-state index contributed by atoms with van der Waals surface area (Å²) in [5.74, 6) is 0. The molecular formula is C14H31BrO3Si. The Morgan fingerprint density at radius 2 is 1.11 bits per heavy atom. The van der Waals surface area contributed by atoms with Crippen molar-refractivity contribution in [2.45, 2.75) is 65.3 Å². The van der Waals surface area contributed by atoms with Gasteiger partial charge in [-0.15, -0.1) is 0 Å². The number of alkyl halides is 1. The van der Waals surface area contributed by atoms with Crippen LogP contribution in [0, 0.1) is 0 Å². The molecule has 0 atom stereocenters. The Kier molecular flexibility index (Phi) is 14.0. The molecule has 0 radical (unpaired) electrons. The Morgan fingerprint density at radius 3 is 1.53 bits per heavy atom. The Bertz CT molecular complexity index is 177. The molecule has 0 aromatic carbocycles. The van der Waals surface area contributed by atoms with Gasteiger partial charge in [0, 0.05) is 31.2 Å². The van der Waals surface area contributed by atoms with Gasteiger partial charge in [-0.05, 0) is 33.6 Å². The van der Waals surface area contributed by atoms with E-state index in [1.54, 1.807) is 0 Å². The maximum atomic E-state index is 5.84. The molecule has 0 saturated heterocycles. The third-order valence-electron chi connectivity index (χ3n) is 2.96. The molecule has 0 unspecified atom stereocenters. The number of hydrogen-bond acceptors (Lipinski definition) is 3. The first kappa shape index (κ1) is 19.6. The molecule has 5 heteroatoms. The molecule has 116 valence electrons. The molecule has 0 N–H and O–H groups in total. The Morgan fingerprint density at radius 1 is 0.684 bits per heavy atom. The van der Waals surface area contributed by atoms with E-state index in [1.807, 2.05) is 20.8 Å². The summed E-state index contributed by atoms with van der Waals surface area (Å²) in [6.45, 7) is 8.08. The Labute approximate surface area is 128 Å². The zero-order valence-corrected chi connectivity index (χ0v) is 15.5. The highest BCUT2D eigenvalue weighted by Crippen LogP contribution is 2.20. The van der Waals surface area contributed by atoms with E-state index in [-0.39, 0.29) is 0 Å². The van der Waals surface area contributed by atoms with Crippen molar-refractivity contribution < 1.29 is 13.3 Å². The minimum Gasteiger partial charge on any atom is -0.374 e. The van der Waals surface area contributed by atoms with Crippen LogP contribution in [0.25, 0.3) is 0 Å². The normalized spacial score (nSPS) is 12.0. The molecule has 0 aromatic rings. The van der Waals surface area contributed by atoms with Crippen molar-refractivity contribution in [2.24, 2.45) is 0 Å². The second-order valence-electron chi connectivity index (χ2n) is 4.54. The predicted molar refractivity (Wildman–Crippen MR) is 86.9 cm³/mol. The summed E-state index contributed by atoms with van der Waals surface area (Å²) in [7, 11) is -2.38. The molecule has 0 heterocycles. The van der Waals surface area contributed by atoms with E-state index in [0.717, 1.165) is 17.8 Å². The van der Waals surface area contributed by atoms with Crippen molar-refractivity contribution in [3.05, 3.63) is 0 Å². The largest absolute Gasteiger partial charge is 0.500 e. The first-order valence-electron chi connectivity index (χ1n) is 7.72. The van der Waals surface area contributed by atoms with E-state index in [9.17, 15) is 0 Å². The molecule has 19 heavy (non-hydrogen) atoms. The number of halogens is 1. The summed E-state index contributed by atoms with van der Waals surface area (Å²) in [5, 5.41) is 1.13. The van der Waals surface area contributed by atoms with Gasteiger partial charge in [0.15, 0.2) is 0 Å². The van der Waals surface area contributed by atoms with Crippen LogP contribution < -0.4 is 0 Å². The van der Waals surface area contributed by atoms with Crippen LogP contribution in [0.4, 0.5) is 0 Å². The van der Waals surface area contributed by atoms with Gasteiger partial charge >= 0.3 is 8.80 Å². The highest BCUT2D eigenvalue weighted by atomic mass is 79.9. The van der Waals surface area contributed by atoms with Gasteiger partial charge in [-0.25, -0.2) is 0 Å². The van der Waals surface area contributed by atoms with Crippen molar-refractivity contribution in [3.8, 4) is 0 Å². The summed E-state index contributed by atoms with van der Waals surface area (Å²) in [6, 6.07) is 0.959. The van der Waals surface area contributed by atoms with E-state index >= 15 is 0 Å². The van der Waals surface area contributed by atoms with Crippen LogP contribution in [0.3, 0.4) is 0 Å². The minimum absolute atomic E-state index is 0.678. The highest BCUT2D eigenvalue weighted by molar-refractivity contribution is 9.09. The van der Waals surface area contributed by atoms with Gasteiger partial charge < -0.3 is 13.3 Å². The Hall–Kier alpha value is 0.577. The highest BCUT2D eigenvalue weighted by Gasteiger charge is 2.39. The van der Waals surface area contributed by atoms with Gasteiger partial charge in [0.2, 0.25) is 0 Å². The quantitative estimate of drug-likeness (QED) is 0.255. The molecular weight excluding hydrogens is 324 g/mol. The summed E-state index contributed by atoms with van der Waals surface area (Å²) in [4.78, 5) is 0. The van der Waals surface area contributed by atoms with Gasteiger partial charge in [0.05, 0.1) is 0 Å². The smallest absolute Gasteiger partial charge is 0.374 e. The van der Waals surface area contributed by atoms with Gasteiger partial charge in [-0.3, -0.25) is 0 Å². The lowest BCUT2D eigenvalue weighted by Crippen LogP contribution is -2.45. The topological polar surface area (TPSA) is 27.7 Å². The van der Waals surface area contributed by atoms with E-state index in [2.05, 4.69) is 15.9 Å². The SMILES string of the molecule is CCO[Si](CCCCCCCCBr)(OCC)OCC. The van der Waals surface area contributed by atoms with E-state index in [1.165, 1.54) is 32.1 Å². The minimum atomic E-state index is -2.38. The lowest BCUT2D eigenvalue weighted by molar-refractivity contribution is 0.0706. The molecule has 0 aliphatic rings. The van der Waals surface area contributed by atoms with Crippen LogP contribution in [0.2, 0.25) is 6.04 Å². The van der Waals surface area contributed by atoms with Crippen LogP contribution >= 0.6 is 15.9 Å². The predicted octanol–water partition coefficient (Wildman–Crippen LogP) is 4.77.